The number of halogens is 1. The van der Waals surface area contributed by atoms with Crippen molar-refractivity contribution in [3.8, 4) is 11.5 Å². The number of rotatable bonds is 9. The highest BCUT2D eigenvalue weighted by Crippen LogP contribution is 2.20. The molecule has 0 saturated heterocycles. The average molecular weight is 421 g/mol. The lowest BCUT2D eigenvalue weighted by Gasteiger charge is -2.11. The molecule has 0 saturated carbocycles. The summed E-state index contributed by atoms with van der Waals surface area (Å²) in [4.78, 5) is 4.77. The molecule has 0 aliphatic heterocycles. The van der Waals surface area contributed by atoms with Crippen LogP contribution in [0, 0.1) is 0 Å². The van der Waals surface area contributed by atoms with E-state index in [0.717, 1.165) is 47.7 Å². The standard InChI is InChI=1S/C25H25ClN2O2/c1-2-19-8-12-21(13-9-19)29-17-5-16-28-24-7-4-3-6-23(24)27-25(28)18-30-22-14-10-20(26)11-15-22/h3-4,6-15H,2,5,16-18H2,1H3. The molecule has 5 heteroatoms. The molecular formula is C25H25ClN2O2. The van der Waals surface area contributed by atoms with E-state index < -0.39 is 0 Å². The van der Waals surface area contributed by atoms with Crippen LogP contribution in [0.25, 0.3) is 11.0 Å². The Morgan fingerprint density at radius 2 is 1.57 bits per heavy atom. The Kier molecular flexibility index (Phi) is 6.55. The molecule has 0 fully saturated rings. The summed E-state index contributed by atoms with van der Waals surface area (Å²) in [6.07, 6.45) is 1.92. The van der Waals surface area contributed by atoms with E-state index in [-0.39, 0.29) is 0 Å². The number of aryl methyl sites for hydroxylation is 2. The Morgan fingerprint density at radius 1 is 0.867 bits per heavy atom. The van der Waals surface area contributed by atoms with E-state index in [9.17, 15) is 0 Å². The fraction of sp³-hybridized carbons (Fsp3) is 0.240. The van der Waals surface area contributed by atoms with Gasteiger partial charge in [-0.1, -0.05) is 42.8 Å². The van der Waals surface area contributed by atoms with Gasteiger partial charge in [0.2, 0.25) is 0 Å². The fourth-order valence-electron chi connectivity index (χ4n) is 3.40. The number of benzene rings is 3. The number of aromatic nitrogens is 2. The Bertz CT molecular complexity index is 1090. The van der Waals surface area contributed by atoms with Crippen molar-refractivity contribution < 1.29 is 9.47 Å². The first kappa shape index (κ1) is 20.3. The van der Waals surface area contributed by atoms with E-state index in [0.29, 0.717) is 18.2 Å². The van der Waals surface area contributed by atoms with Gasteiger partial charge in [0.15, 0.2) is 0 Å². The summed E-state index contributed by atoms with van der Waals surface area (Å²) in [7, 11) is 0. The van der Waals surface area contributed by atoms with Gasteiger partial charge in [-0.25, -0.2) is 4.98 Å². The second kappa shape index (κ2) is 9.68. The molecule has 0 atom stereocenters. The maximum absolute atomic E-state index is 5.95. The van der Waals surface area contributed by atoms with Gasteiger partial charge >= 0.3 is 0 Å². The van der Waals surface area contributed by atoms with Gasteiger partial charge in [-0.05, 0) is 66.9 Å². The molecule has 0 bridgehead atoms. The third kappa shape index (κ3) is 4.95. The van der Waals surface area contributed by atoms with Crippen LogP contribution in [0.2, 0.25) is 5.02 Å². The number of nitrogens with zero attached hydrogens (tertiary/aromatic N) is 2. The Hall–Kier alpha value is -2.98. The molecule has 0 N–H and O–H groups in total. The second-order valence-corrected chi connectivity index (χ2v) is 7.55. The van der Waals surface area contributed by atoms with E-state index >= 15 is 0 Å². The summed E-state index contributed by atoms with van der Waals surface area (Å²) in [5, 5.41) is 0.693. The Balaban J connectivity index is 1.41. The minimum Gasteiger partial charge on any atom is -0.494 e. The highest BCUT2D eigenvalue weighted by atomic mass is 35.5. The molecule has 0 unspecified atom stereocenters. The van der Waals surface area contributed by atoms with Crippen molar-refractivity contribution >= 4 is 22.6 Å². The van der Waals surface area contributed by atoms with Crippen LogP contribution in [-0.4, -0.2) is 16.2 Å². The molecule has 4 nitrogen and oxygen atoms in total. The van der Waals surface area contributed by atoms with E-state index in [4.69, 9.17) is 26.1 Å². The molecule has 1 aromatic heterocycles. The van der Waals surface area contributed by atoms with E-state index in [1.807, 2.05) is 54.6 Å². The maximum atomic E-state index is 5.95. The first-order valence-corrected chi connectivity index (χ1v) is 10.6. The molecule has 0 aliphatic rings. The lowest BCUT2D eigenvalue weighted by atomic mass is 10.2. The molecule has 0 amide bonds. The number of fused-ring (bicyclic) bond motifs is 1. The van der Waals surface area contributed by atoms with Crippen molar-refractivity contribution in [1.29, 1.82) is 0 Å². The molecule has 0 aliphatic carbocycles. The van der Waals surface area contributed by atoms with Crippen molar-refractivity contribution in [2.24, 2.45) is 0 Å². The van der Waals surface area contributed by atoms with Gasteiger partial charge in [-0.15, -0.1) is 0 Å². The molecule has 30 heavy (non-hydrogen) atoms. The van der Waals surface area contributed by atoms with Crippen molar-refractivity contribution in [3.63, 3.8) is 0 Å². The lowest BCUT2D eigenvalue weighted by molar-refractivity contribution is 0.280. The van der Waals surface area contributed by atoms with Gasteiger partial charge in [0.1, 0.15) is 23.9 Å². The number of hydrogen-bond donors (Lipinski definition) is 0. The zero-order valence-corrected chi connectivity index (χ0v) is 17.8. The second-order valence-electron chi connectivity index (χ2n) is 7.11. The quantitative estimate of drug-likeness (QED) is 0.298. The molecule has 4 aromatic rings. The maximum Gasteiger partial charge on any atom is 0.147 e. The summed E-state index contributed by atoms with van der Waals surface area (Å²) >= 11 is 5.95. The van der Waals surface area contributed by atoms with Crippen LogP contribution < -0.4 is 9.47 Å². The smallest absolute Gasteiger partial charge is 0.147 e. The van der Waals surface area contributed by atoms with Gasteiger partial charge in [-0.3, -0.25) is 0 Å². The molecule has 0 spiro atoms. The summed E-state index contributed by atoms with van der Waals surface area (Å²) < 4.78 is 14.1. The molecule has 3 aromatic carbocycles. The molecular weight excluding hydrogens is 396 g/mol. The van der Waals surface area contributed by atoms with Crippen LogP contribution in [0.4, 0.5) is 0 Å². The van der Waals surface area contributed by atoms with Crippen molar-refractivity contribution in [1.82, 2.24) is 9.55 Å². The molecule has 1 heterocycles. The SMILES string of the molecule is CCc1ccc(OCCCn2c(COc3ccc(Cl)cc3)nc3ccccc32)cc1. The van der Waals surface area contributed by atoms with Crippen LogP contribution in [-0.2, 0) is 19.6 Å². The van der Waals surface area contributed by atoms with Gasteiger partial charge in [0, 0.05) is 11.6 Å². The minimum absolute atomic E-state index is 0.398. The number of para-hydroxylation sites is 2. The summed E-state index contributed by atoms with van der Waals surface area (Å²) in [5.74, 6) is 2.59. The molecule has 0 radical (unpaired) electrons. The first-order chi connectivity index (χ1) is 14.7. The Labute approximate surface area is 182 Å². The van der Waals surface area contributed by atoms with Gasteiger partial charge < -0.3 is 14.0 Å². The minimum atomic E-state index is 0.398. The summed E-state index contributed by atoms with van der Waals surface area (Å²) in [5.41, 5.74) is 3.40. The number of ether oxygens (including phenoxy) is 2. The highest BCUT2D eigenvalue weighted by molar-refractivity contribution is 6.30. The van der Waals surface area contributed by atoms with E-state index in [2.05, 4.69) is 29.7 Å². The Morgan fingerprint density at radius 3 is 2.33 bits per heavy atom. The summed E-state index contributed by atoms with van der Waals surface area (Å²) in [6.45, 7) is 4.01. The van der Waals surface area contributed by atoms with E-state index in [1.54, 1.807) is 0 Å². The van der Waals surface area contributed by atoms with Crippen LogP contribution >= 0.6 is 11.6 Å². The topological polar surface area (TPSA) is 36.3 Å². The number of hydrogen-bond acceptors (Lipinski definition) is 3. The monoisotopic (exact) mass is 420 g/mol. The van der Waals surface area contributed by atoms with Gasteiger partial charge in [-0.2, -0.15) is 0 Å². The lowest BCUT2D eigenvalue weighted by Crippen LogP contribution is -2.10. The van der Waals surface area contributed by atoms with Crippen LogP contribution in [0.15, 0.2) is 72.8 Å². The largest absolute Gasteiger partial charge is 0.494 e. The first-order valence-electron chi connectivity index (χ1n) is 10.3. The molecule has 154 valence electrons. The van der Waals surface area contributed by atoms with Crippen molar-refractivity contribution in [2.75, 3.05) is 6.61 Å². The normalized spacial score (nSPS) is 11.0. The van der Waals surface area contributed by atoms with Crippen molar-refractivity contribution in [2.45, 2.75) is 32.9 Å². The molecule has 4 rings (SSSR count). The summed E-state index contributed by atoms with van der Waals surface area (Å²) in [6, 6.07) is 23.9. The predicted molar refractivity (Wildman–Crippen MR) is 121 cm³/mol. The number of imidazole rings is 1. The predicted octanol–water partition coefficient (Wildman–Crippen LogP) is 6.30. The highest BCUT2D eigenvalue weighted by Gasteiger charge is 2.11. The fourth-order valence-corrected chi connectivity index (χ4v) is 3.52. The third-order valence-electron chi connectivity index (χ3n) is 5.04. The zero-order chi connectivity index (χ0) is 20.8. The van der Waals surface area contributed by atoms with Gasteiger partial charge in [0.05, 0.1) is 17.6 Å². The average Bonchev–Trinajstić information content (AvgIpc) is 3.14. The zero-order valence-electron chi connectivity index (χ0n) is 17.1. The van der Waals surface area contributed by atoms with Gasteiger partial charge in [0.25, 0.3) is 0 Å². The van der Waals surface area contributed by atoms with Crippen LogP contribution in [0.3, 0.4) is 0 Å². The third-order valence-corrected chi connectivity index (χ3v) is 5.29. The van der Waals surface area contributed by atoms with Crippen LogP contribution in [0.1, 0.15) is 24.7 Å². The van der Waals surface area contributed by atoms with Crippen LogP contribution in [0.5, 0.6) is 11.5 Å². The van der Waals surface area contributed by atoms with Crippen molar-refractivity contribution in [3.05, 3.63) is 89.2 Å². The van der Waals surface area contributed by atoms with E-state index in [1.165, 1.54) is 5.56 Å².